The number of aromatic nitrogens is 3. The van der Waals surface area contributed by atoms with Gasteiger partial charge in [0.1, 0.15) is 12.7 Å². The number of hydrogen-bond acceptors (Lipinski definition) is 3. The van der Waals surface area contributed by atoms with Crippen LogP contribution in [0.5, 0.6) is 0 Å². The highest BCUT2D eigenvalue weighted by atomic mass is 16.2. The van der Waals surface area contributed by atoms with Crippen molar-refractivity contribution >= 4 is 6.03 Å². The first-order valence-corrected chi connectivity index (χ1v) is 9.12. The fraction of sp³-hybridized carbons (Fsp3) is 0.526. The number of unbranched alkanes of at least 4 members (excludes halogenated alkanes) is 3. The Labute approximate surface area is 150 Å². The Kier molecular flexibility index (Phi) is 7.95. The van der Waals surface area contributed by atoms with E-state index in [9.17, 15) is 4.79 Å². The molecule has 0 bridgehead atoms. The van der Waals surface area contributed by atoms with E-state index in [1.54, 1.807) is 11.0 Å². The number of carbonyl (C=O) groups excluding carboxylic acids is 1. The number of rotatable bonds is 10. The molecule has 0 spiro atoms. The van der Waals surface area contributed by atoms with Gasteiger partial charge in [-0.2, -0.15) is 5.10 Å². The highest BCUT2D eigenvalue weighted by Crippen LogP contribution is 2.07. The lowest BCUT2D eigenvalue weighted by Crippen LogP contribution is -2.40. The van der Waals surface area contributed by atoms with Crippen LogP contribution in [0.15, 0.2) is 36.9 Å². The average Bonchev–Trinajstić information content (AvgIpc) is 3.10. The van der Waals surface area contributed by atoms with Gasteiger partial charge in [-0.1, -0.05) is 56.9 Å². The smallest absolute Gasteiger partial charge is 0.315 e. The van der Waals surface area contributed by atoms with Gasteiger partial charge in [0.05, 0.1) is 6.54 Å². The van der Waals surface area contributed by atoms with E-state index < -0.39 is 0 Å². The van der Waals surface area contributed by atoms with Crippen LogP contribution in [-0.2, 0) is 13.1 Å². The summed E-state index contributed by atoms with van der Waals surface area (Å²) in [5, 5.41) is 10.0. The Morgan fingerprint density at radius 2 is 2.08 bits per heavy atom. The molecule has 1 heterocycles. The molecule has 2 N–H and O–H groups in total. The summed E-state index contributed by atoms with van der Waals surface area (Å²) >= 11 is 0. The zero-order valence-electron chi connectivity index (χ0n) is 15.2. The van der Waals surface area contributed by atoms with Crippen LogP contribution in [-0.4, -0.2) is 26.8 Å². The molecule has 0 radical (unpaired) electrons. The van der Waals surface area contributed by atoms with Gasteiger partial charge in [0, 0.05) is 12.6 Å². The molecule has 2 rings (SSSR count). The fourth-order valence-electron chi connectivity index (χ4n) is 2.75. The Morgan fingerprint density at radius 1 is 1.24 bits per heavy atom. The maximum atomic E-state index is 12.0. The van der Waals surface area contributed by atoms with Crippen LogP contribution in [0, 0.1) is 0 Å². The third-order valence-corrected chi connectivity index (χ3v) is 4.12. The van der Waals surface area contributed by atoms with E-state index in [0.29, 0.717) is 13.1 Å². The quantitative estimate of drug-likeness (QED) is 0.649. The number of hydrogen-bond donors (Lipinski definition) is 2. The van der Waals surface area contributed by atoms with Crippen molar-refractivity contribution in [2.45, 2.75) is 65.1 Å². The molecule has 1 aromatic heterocycles. The lowest BCUT2D eigenvalue weighted by molar-refractivity contribution is 0.236. The second kappa shape index (κ2) is 10.5. The Morgan fingerprint density at radius 3 is 2.84 bits per heavy atom. The lowest BCUT2D eigenvalue weighted by atomic mass is 10.1. The lowest BCUT2D eigenvalue weighted by Gasteiger charge is -2.15. The van der Waals surface area contributed by atoms with E-state index in [0.717, 1.165) is 17.5 Å². The van der Waals surface area contributed by atoms with Crippen LogP contribution in [0.2, 0.25) is 0 Å². The molecule has 2 aromatic rings. The molecule has 6 nitrogen and oxygen atoms in total. The summed E-state index contributed by atoms with van der Waals surface area (Å²) in [4.78, 5) is 16.0. The third kappa shape index (κ3) is 7.37. The number of benzene rings is 1. The van der Waals surface area contributed by atoms with Crippen LogP contribution in [0.3, 0.4) is 0 Å². The molecule has 6 heteroatoms. The number of nitrogens with zero attached hydrogens (tertiary/aromatic N) is 3. The summed E-state index contributed by atoms with van der Waals surface area (Å²) in [6.45, 7) is 5.45. The maximum Gasteiger partial charge on any atom is 0.315 e. The van der Waals surface area contributed by atoms with Crippen LogP contribution in [0.4, 0.5) is 4.79 Å². The molecule has 1 unspecified atom stereocenters. The SMILES string of the molecule is CCCCCCC(C)NC(=O)NCc1cccc(Cn2cncn2)c1. The van der Waals surface area contributed by atoms with Gasteiger partial charge in [-0.25, -0.2) is 14.5 Å². The van der Waals surface area contributed by atoms with Crippen molar-refractivity contribution < 1.29 is 4.79 Å². The molecule has 2 amide bonds. The van der Waals surface area contributed by atoms with E-state index >= 15 is 0 Å². The summed E-state index contributed by atoms with van der Waals surface area (Å²) in [6.07, 6.45) is 9.16. The molecule has 0 aliphatic rings. The van der Waals surface area contributed by atoms with Crippen molar-refractivity contribution in [3.63, 3.8) is 0 Å². The van der Waals surface area contributed by atoms with Gasteiger partial charge < -0.3 is 10.6 Å². The number of nitrogens with one attached hydrogen (secondary N) is 2. The molecule has 136 valence electrons. The summed E-state index contributed by atoms with van der Waals surface area (Å²) in [5.41, 5.74) is 2.21. The Balaban J connectivity index is 1.72. The minimum absolute atomic E-state index is 0.107. The predicted octanol–water partition coefficient (Wildman–Crippen LogP) is 3.48. The second-order valence-corrected chi connectivity index (χ2v) is 6.49. The number of carbonyl (C=O) groups is 1. The minimum atomic E-state index is -0.107. The fourth-order valence-corrected chi connectivity index (χ4v) is 2.75. The Bertz CT molecular complexity index is 627. The first-order valence-electron chi connectivity index (χ1n) is 9.12. The van der Waals surface area contributed by atoms with E-state index in [-0.39, 0.29) is 12.1 Å². The predicted molar refractivity (Wildman–Crippen MR) is 99.2 cm³/mol. The normalized spacial score (nSPS) is 11.9. The second-order valence-electron chi connectivity index (χ2n) is 6.49. The molecule has 0 aliphatic carbocycles. The van der Waals surface area contributed by atoms with Gasteiger partial charge in [-0.3, -0.25) is 0 Å². The van der Waals surface area contributed by atoms with Crippen molar-refractivity contribution in [2.24, 2.45) is 0 Å². The van der Waals surface area contributed by atoms with E-state index in [1.807, 2.05) is 18.2 Å². The zero-order chi connectivity index (χ0) is 17.9. The van der Waals surface area contributed by atoms with Crippen LogP contribution in [0.25, 0.3) is 0 Å². The molecular formula is C19H29N5O. The molecule has 0 saturated carbocycles. The van der Waals surface area contributed by atoms with Crippen molar-refractivity contribution in [3.8, 4) is 0 Å². The summed E-state index contributed by atoms with van der Waals surface area (Å²) in [5.74, 6) is 0. The van der Waals surface area contributed by atoms with Gasteiger partial charge >= 0.3 is 6.03 Å². The van der Waals surface area contributed by atoms with Crippen molar-refractivity contribution in [1.29, 1.82) is 0 Å². The number of amides is 2. The van der Waals surface area contributed by atoms with E-state index in [2.05, 4.69) is 40.6 Å². The van der Waals surface area contributed by atoms with Crippen molar-refractivity contribution in [2.75, 3.05) is 0 Å². The van der Waals surface area contributed by atoms with Crippen LogP contribution < -0.4 is 10.6 Å². The average molecular weight is 343 g/mol. The van der Waals surface area contributed by atoms with Crippen LogP contribution in [0.1, 0.15) is 57.1 Å². The molecule has 0 saturated heterocycles. The highest BCUT2D eigenvalue weighted by Gasteiger charge is 2.07. The molecule has 0 aliphatic heterocycles. The molecule has 1 aromatic carbocycles. The van der Waals surface area contributed by atoms with Gasteiger partial charge in [-0.05, 0) is 24.5 Å². The van der Waals surface area contributed by atoms with Crippen molar-refractivity contribution in [3.05, 3.63) is 48.0 Å². The molecular weight excluding hydrogens is 314 g/mol. The largest absolute Gasteiger partial charge is 0.336 e. The first-order chi connectivity index (χ1) is 12.2. The summed E-state index contributed by atoms with van der Waals surface area (Å²) in [6, 6.07) is 8.23. The molecule has 1 atom stereocenters. The molecule has 0 fully saturated rings. The van der Waals surface area contributed by atoms with Gasteiger partial charge in [0.25, 0.3) is 0 Å². The van der Waals surface area contributed by atoms with Crippen molar-refractivity contribution in [1.82, 2.24) is 25.4 Å². The maximum absolute atomic E-state index is 12.0. The molecule has 25 heavy (non-hydrogen) atoms. The summed E-state index contributed by atoms with van der Waals surface area (Å²) < 4.78 is 1.78. The number of urea groups is 1. The standard InChI is InChI=1S/C19H29N5O/c1-3-4-5-6-8-16(2)23-19(25)21-12-17-9-7-10-18(11-17)13-24-15-20-14-22-24/h7,9-11,14-16H,3-6,8,12-13H2,1-2H3,(H2,21,23,25). The van der Waals surface area contributed by atoms with Gasteiger partial charge in [-0.15, -0.1) is 0 Å². The monoisotopic (exact) mass is 343 g/mol. The Hall–Kier alpha value is -2.37. The third-order valence-electron chi connectivity index (χ3n) is 4.12. The highest BCUT2D eigenvalue weighted by molar-refractivity contribution is 5.74. The van der Waals surface area contributed by atoms with Gasteiger partial charge in [0.15, 0.2) is 0 Å². The zero-order valence-corrected chi connectivity index (χ0v) is 15.2. The first kappa shape index (κ1) is 19.0. The van der Waals surface area contributed by atoms with Crippen LogP contribution >= 0.6 is 0 Å². The topological polar surface area (TPSA) is 71.8 Å². The minimum Gasteiger partial charge on any atom is -0.336 e. The van der Waals surface area contributed by atoms with E-state index in [1.165, 1.54) is 32.0 Å². The van der Waals surface area contributed by atoms with E-state index in [4.69, 9.17) is 0 Å². The summed E-state index contributed by atoms with van der Waals surface area (Å²) in [7, 11) is 0. The van der Waals surface area contributed by atoms with Gasteiger partial charge in [0.2, 0.25) is 0 Å².